The van der Waals surface area contributed by atoms with Crippen molar-refractivity contribution in [1.29, 1.82) is 0 Å². The smallest absolute Gasteiger partial charge is 0.315 e. The second kappa shape index (κ2) is 8.42. The molecule has 34 heavy (non-hydrogen) atoms. The molecule has 1 saturated heterocycles. The zero-order valence-corrected chi connectivity index (χ0v) is 20.4. The fourth-order valence-corrected chi connectivity index (χ4v) is 6.63. The molecule has 0 saturated carbocycles. The third kappa shape index (κ3) is 3.04. The topological polar surface area (TPSA) is 58.6 Å². The van der Waals surface area contributed by atoms with Gasteiger partial charge < -0.3 is 10.1 Å². The van der Waals surface area contributed by atoms with Crippen molar-refractivity contribution in [3.63, 3.8) is 0 Å². The van der Waals surface area contributed by atoms with Gasteiger partial charge in [0.25, 0.3) is 5.91 Å². The Morgan fingerprint density at radius 3 is 2.50 bits per heavy atom. The Kier molecular flexibility index (Phi) is 5.67. The van der Waals surface area contributed by atoms with E-state index in [1.54, 1.807) is 12.1 Å². The molecule has 1 fully saturated rings. The predicted octanol–water partition coefficient (Wildman–Crippen LogP) is 5.27. The van der Waals surface area contributed by atoms with Gasteiger partial charge in [0.1, 0.15) is 11.0 Å². The molecule has 3 aromatic carbocycles. The number of halogens is 2. The largest absolute Gasteiger partial charge is 0.468 e. The second-order valence-electron chi connectivity index (χ2n) is 8.93. The van der Waals surface area contributed by atoms with Crippen LogP contribution in [0.15, 0.2) is 72.8 Å². The number of rotatable bonds is 4. The molecule has 1 spiro atoms. The van der Waals surface area contributed by atoms with Crippen molar-refractivity contribution in [3.05, 3.63) is 99.5 Å². The minimum Gasteiger partial charge on any atom is -0.468 e. The zero-order valence-electron chi connectivity index (χ0n) is 18.8. The van der Waals surface area contributed by atoms with Gasteiger partial charge in [0.15, 0.2) is 0 Å². The molecule has 0 unspecified atom stereocenters. The fourth-order valence-electron chi connectivity index (χ4n) is 6.09. The van der Waals surface area contributed by atoms with Crippen LogP contribution in [-0.2, 0) is 26.3 Å². The molecular formula is C27H24Cl2N2O3. The van der Waals surface area contributed by atoms with Crippen molar-refractivity contribution in [2.45, 2.75) is 17.9 Å². The number of amides is 1. The van der Waals surface area contributed by atoms with Crippen molar-refractivity contribution in [1.82, 2.24) is 4.90 Å². The van der Waals surface area contributed by atoms with Gasteiger partial charge in [0, 0.05) is 33.8 Å². The van der Waals surface area contributed by atoms with Gasteiger partial charge in [-0.3, -0.25) is 14.5 Å². The summed E-state index contributed by atoms with van der Waals surface area (Å²) in [6.45, 7) is 0.422. The minimum absolute atomic E-state index is 0.245. The van der Waals surface area contributed by atoms with Crippen molar-refractivity contribution in [2.24, 2.45) is 5.41 Å². The van der Waals surface area contributed by atoms with Crippen LogP contribution in [0.2, 0.25) is 10.0 Å². The lowest BCUT2D eigenvalue weighted by molar-refractivity contribution is -0.164. The molecule has 0 aliphatic carbocycles. The lowest BCUT2D eigenvalue weighted by Crippen LogP contribution is -2.60. The summed E-state index contributed by atoms with van der Waals surface area (Å²) in [6, 6.07) is 22.6. The van der Waals surface area contributed by atoms with E-state index >= 15 is 0 Å². The first-order valence-corrected chi connectivity index (χ1v) is 11.8. The third-order valence-electron chi connectivity index (χ3n) is 7.38. The second-order valence-corrected chi connectivity index (χ2v) is 9.78. The number of benzene rings is 3. The van der Waals surface area contributed by atoms with E-state index in [4.69, 9.17) is 27.9 Å². The molecule has 3 aromatic rings. The first-order chi connectivity index (χ1) is 16.4. The maximum absolute atomic E-state index is 14.1. The highest BCUT2D eigenvalue weighted by Crippen LogP contribution is 2.64. The molecule has 1 amide bonds. The quantitative estimate of drug-likeness (QED) is 0.501. The molecule has 7 heteroatoms. The van der Waals surface area contributed by atoms with Gasteiger partial charge >= 0.3 is 5.97 Å². The highest BCUT2D eigenvalue weighted by Gasteiger charge is 2.74. The van der Waals surface area contributed by atoms with E-state index in [1.807, 2.05) is 72.6 Å². The predicted molar refractivity (Wildman–Crippen MR) is 133 cm³/mol. The van der Waals surface area contributed by atoms with Gasteiger partial charge in [-0.15, -0.1) is 0 Å². The van der Waals surface area contributed by atoms with Crippen molar-refractivity contribution in [2.75, 3.05) is 26.0 Å². The molecule has 174 valence electrons. The molecule has 2 aliphatic rings. The number of nitrogens with one attached hydrogen (secondary N) is 1. The number of ether oxygens (including phenoxy) is 1. The van der Waals surface area contributed by atoms with Crippen LogP contribution < -0.4 is 5.32 Å². The lowest BCUT2D eigenvalue weighted by Gasteiger charge is -2.45. The van der Waals surface area contributed by atoms with E-state index in [0.717, 1.165) is 16.7 Å². The molecule has 5 nitrogen and oxygen atoms in total. The van der Waals surface area contributed by atoms with Gasteiger partial charge in [-0.1, -0.05) is 77.8 Å². The Labute approximate surface area is 208 Å². The maximum atomic E-state index is 14.1. The van der Waals surface area contributed by atoms with Crippen LogP contribution in [-0.4, -0.2) is 37.5 Å². The van der Waals surface area contributed by atoms with E-state index in [-0.39, 0.29) is 12.3 Å². The monoisotopic (exact) mass is 494 g/mol. The number of likely N-dealkylation sites (tertiary alicyclic amines) is 1. The van der Waals surface area contributed by atoms with Crippen LogP contribution in [0.3, 0.4) is 0 Å². The van der Waals surface area contributed by atoms with Gasteiger partial charge in [0.05, 0.1) is 7.11 Å². The van der Waals surface area contributed by atoms with Crippen LogP contribution >= 0.6 is 23.2 Å². The minimum atomic E-state index is -1.30. The molecule has 0 bridgehead atoms. The van der Waals surface area contributed by atoms with E-state index in [2.05, 4.69) is 5.32 Å². The molecule has 0 radical (unpaired) electrons. The average Bonchev–Trinajstić information content (AvgIpc) is 3.27. The van der Waals surface area contributed by atoms with Gasteiger partial charge in [-0.05, 0) is 42.8 Å². The van der Waals surface area contributed by atoms with Crippen molar-refractivity contribution >= 4 is 40.8 Å². The number of nitrogens with zero attached hydrogens (tertiary/aromatic N) is 1. The number of likely N-dealkylation sites (N-methyl/N-ethyl adjacent to an activating group) is 1. The van der Waals surface area contributed by atoms with Gasteiger partial charge in [0.2, 0.25) is 0 Å². The first kappa shape index (κ1) is 22.9. The Bertz CT molecular complexity index is 1280. The lowest BCUT2D eigenvalue weighted by atomic mass is 9.58. The molecule has 1 N–H and O–H groups in total. The highest BCUT2D eigenvalue weighted by molar-refractivity contribution is 6.35. The van der Waals surface area contributed by atoms with E-state index in [0.29, 0.717) is 22.3 Å². The summed E-state index contributed by atoms with van der Waals surface area (Å²) in [7, 11) is 3.26. The summed E-state index contributed by atoms with van der Waals surface area (Å²) in [5.41, 5.74) is 0.551. The van der Waals surface area contributed by atoms with Gasteiger partial charge in [-0.25, -0.2) is 0 Å². The van der Waals surface area contributed by atoms with E-state index in [9.17, 15) is 9.59 Å². The summed E-state index contributed by atoms with van der Waals surface area (Å²) >= 11 is 12.9. The highest BCUT2D eigenvalue weighted by atomic mass is 35.5. The number of para-hydroxylation sites is 1. The van der Waals surface area contributed by atoms with Crippen LogP contribution in [0.25, 0.3) is 0 Å². The normalized spacial score (nSPS) is 25.9. The van der Waals surface area contributed by atoms with Crippen LogP contribution in [0, 0.1) is 5.41 Å². The Morgan fingerprint density at radius 1 is 1.09 bits per heavy atom. The van der Waals surface area contributed by atoms with E-state index in [1.165, 1.54) is 7.11 Å². The SMILES string of the molecule is COC(=O)[C@]1(Cc2ccccc2)[C@@H](c2ccc(Cl)cc2Cl)CN(C)[C@@]12C(=O)Nc1ccccc12. The summed E-state index contributed by atoms with van der Waals surface area (Å²) in [4.78, 5) is 30.0. The molecular weight excluding hydrogens is 471 g/mol. The van der Waals surface area contributed by atoms with Crippen molar-refractivity contribution in [3.8, 4) is 0 Å². The van der Waals surface area contributed by atoms with Crippen LogP contribution in [0.1, 0.15) is 22.6 Å². The molecule has 2 aliphatic heterocycles. The number of methoxy groups -OCH3 is 1. The number of esters is 1. The number of anilines is 1. The van der Waals surface area contributed by atoms with Gasteiger partial charge in [-0.2, -0.15) is 0 Å². The Balaban J connectivity index is 1.86. The molecule has 3 atom stereocenters. The zero-order chi connectivity index (χ0) is 24.1. The van der Waals surface area contributed by atoms with Crippen LogP contribution in [0.4, 0.5) is 5.69 Å². The summed E-state index contributed by atoms with van der Waals surface area (Å²) < 4.78 is 5.51. The molecule has 0 aromatic heterocycles. The van der Waals surface area contributed by atoms with E-state index < -0.39 is 22.8 Å². The average molecular weight is 495 g/mol. The number of hydrogen-bond acceptors (Lipinski definition) is 4. The first-order valence-electron chi connectivity index (χ1n) is 11.1. The fraction of sp³-hybridized carbons (Fsp3) is 0.259. The number of fused-ring (bicyclic) bond motifs is 2. The van der Waals surface area contributed by atoms with Crippen molar-refractivity contribution < 1.29 is 14.3 Å². The number of hydrogen-bond donors (Lipinski definition) is 1. The van der Waals surface area contributed by atoms with Crippen LogP contribution in [0.5, 0.6) is 0 Å². The summed E-state index contributed by atoms with van der Waals surface area (Å²) in [6.07, 6.45) is 0.288. The molecule has 2 heterocycles. The summed E-state index contributed by atoms with van der Waals surface area (Å²) in [5.74, 6) is -1.14. The molecule has 5 rings (SSSR count). The Hall–Kier alpha value is -2.86. The summed E-state index contributed by atoms with van der Waals surface area (Å²) in [5, 5.41) is 3.99. The number of carbonyl (C=O) groups excluding carboxylic acids is 2. The third-order valence-corrected chi connectivity index (χ3v) is 7.94. The standard InChI is InChI=1S/C27H24Cl2N2O3/c1-31-16-21(19-13-12-18(28)14-22(19)29)26(25(33)34-2,15-17-8-4-3-5-9-17)27(31)20-10-6-7-11-23(20)30-24(27)32/h3-14,21H,15-16H2,1-2H3,(H,30,32)/t21-,26+,27+/m1/s1. The Morgan fingerprint density at radius 2 is 1.79 bits per heavy atom. The number of carbonyl (C=O) groups is 2. The maximum Gasteiger partial charge on any atom is 0.315 e.